The van der Waals surface area contributed by atoms with Crippen molar-refractivity contribution in [2.45, 2.75) is 19.5 Å². The Morgan fingerprint density at radius 2 is 1.12 bits per heavy atom. The number of carboxylic acid groups (broad SMARTS) is 4. The Morgan fingerprint density at radius 1 is 0.627 bits per heavy atom. The van der Waals surface area contributed by atoms with Crippen molar-refractivity contribution in [3.63, 3.8) is 0 Å². The molecule has 0 unspecified atom stereocenters. The lowest BCUT2D eigenvalue weighted by Crippen LogP contribution is -2.46. The van der Waals surface area contributed by atoms with Crippen LogP contribution >= 0.6 is 0 Å². The molecule has 1 aromatic heterocycles. The number of rotatable bonds is 13. The summed E-state index contributed by atoms with van der Waals surface area (Å²) in [5.41, 5.74) is 4.12. The summed E-state index contributed by atoms with van der Waals surface area (Å²) in [6.07, 6.45) is 7.16. The highest BCUT2D eigenvalue weighted by atomic mass is 16.4. The van der Waals surface area contributed by atoms with Crippen LogP contribution in [-0.4, -0.2) is 102 Å². The molecular formula is C38H40N4O9. The van der Waals surface area contributed by atoms with E-state index in [1.54, 1.807) is 0 Å². The maximum absolute atomic E-state index is 12.7. The first-order chi connectivity index (χ1) is 24.5. The second-order valence-corrected chi connectivity index (χ2v) is 11.1. The highest BCUT2D eigenvalue weighted by Gasteiger charge is 2.20. The van der Waals surface area contributed by atoms with Crippen LogP contribution in [0.25, 0.3) is 17.1 Å². The second kappa shape index (κ2) is 21.0. The van der Waals surface area contributed by atoms with Gasteiger partial charge in [-0.15, -0.1) is 0 Å². The summed E-state index contributed by atoms with van der Waals surface area (Å²) >= 11 is 0. The van der Waals surface area contributed by atoms with E-state index in [-0.39, 0.29) is 5.78 Å². The van der Waals surface area contributed by atoms with Gasteiger partial charge in [-0.2, -0.15) is 0 Å². The van der Waals surface area contributed by atoms with Gasteiger partial charge in [0.15, 0.2) is 5.78 Å². The standard InChI is InChI=1S/C30H32N4O.2C4H4O4/c35-29(26-13-5-2-6-14-26)17-19-34-28-16-8-7-15-27(28)31-30(34)24-33-22-20-32(21-23-33)18-9-12-25-10-3-1-4-11-25;2*5-3(6)1-2-4(7)8/h1-16H,17-24H2;2*1-2H,(H,5,6)(H,7,8)/b12-9-;2*2-1+. The average molecular weight is 697 g/mol. The number of imidazole rings is 1. The van der Waals surface area contributed by atoms with E-state index in [0.29, 0.717) is 37.3 Å². The molecule has 4 N–H and O–H groups in total. The second-order valence-electron chi connectivity index (χ2n) is 11.1. The van der Waals surface area contributed by atoms with E-state index in [1.165, 1.54) is 5.56 Å². The molecule has 1 aliphatic heterocycles. The maximum Gasteiger partial charge on any atom is 0.328 e. The first-order valence-corrected chi connectivity index (χ1v) is 16.0. The monoisotopic (exact) mass is 696 g/mol. The third-order valence-electron chi connectivity index (χ3n) is 7.43. The van der Waals surface area contributed by atoms with Crippen molar-refractivity contribution in [3.8, 4) is 0 Å². The third kappa shape index (κ3) is 14.9. The summed E-state index contributed by atoms with van der Waals surface area (Å²) in [7, 11) is 0. The number of carbonyl (C=O) groups is 5. The van der Waals surface area contributed by atoms with Crippen LogP contribution in [0.1, 0.15) is 28.2 Å². The molecule has 0 atom stereocenters. The number of piperazine rings is 1. The molecule has 0 aliphatic carbocycles. The van der Waals surface area contributed by atoms with Crippen LogP contribution in [0.2, 0.25) is 0 Å². The van der Waals surface area contributed by atoms with Gasteiger partial charge in [0, 0.05) is 75.6 Å². The van der Waals surface area contributed by atoms with Crippen molar-refractivity contribution in [2.24, 2.45) is 0 Å². The molecule has 5 rings (SSSR count). The van der Waals surface area contributed by atoms with Crippen LogP contribution in [0.15, 0.2) is 115 Å². The number of aromatic nitrogens is 2. The number of para-hydroxylation sites is 2. The first kappa shape index (κ1) is 39.3. The summed E-state index contributed by atoms with van der Waals surface area (Å²) < 4.78 is 2.24. The minimum atomic E-state index is -1.26. The fourth-order valence-electron chi connectivity index (χ4n) is 4.99. The molecule has 2 heterocycles. The van der Waals surface area contributed by atoms with Crippen LogP contribution < -0.4 is 0 Å². The zero-order chi connectivity index (χ0) is 37.0. The van der Waals surface area contributed by atoms with E-state index < -0.39 is 23.9 Å². The van der Waals surface area contributed by atoms with Crippen molar-refractivity contribution in [2.75, 3.05) is 32.7 Å². The Balaban J connectivity index is 0.000000366. The molecule has 0 bridgehead atoms. The van der Waals surface area contributed by atoms with Crippen LogP contribution in [-0.2, 0) is 32.3 Å². The minimum Gasteiger partial charge on any atom is -0.478 e. The summed E-state index contributed by atoms with van der Waals surface area (Å²) in [5.74, 6) is -3.81. The normalized spacial score (nSPS) is 13.4. The molecule has 1 aliphatic rings. The van der Waals surface area contributed by atoms with Gasteiger partial charge >= 0.3 is 23.9 Å². The number of ketones is 1. The van der Waals surface area contributed by atoms with Crippen LogP contribution in [0.4, 0.5) is 0 Å². The van der Waals surface area contributed by atoms with Crippen molar-refractivity contribution in [3.05, 3.63) is 132 Å². The van der Waals surface area contributed by atoms with Gasteiger partial charge in [0.2, 0.25) is 0 Å². The number of carbonyl (C=O) groups excluding carboxylic acids is 1. The average Bonchev–Trinajstić information content (AvgIpc) is 3.47. The largest absolute Gasteiger partial charge is 0.478 e. The Morgan fingerprint density at radius 3 is 1.67 bits per heavy atom. The molecule has 13 nitrogen and oxygen atoms in total. The predicted octanol–water partition coefficient (Wildman–Crippen LogP) is 4.56. The molecule has 13 heteroatoms. The SMILES string of the molecule is O=C(CCn1c(CN2CCN(C/C=C\c3ccccc3)CC2)nc2ccccc21)c1ccccc1.O=C(O)/C=C/C(=O)O.O=C(O)/C=C/C(=O)O. The molecule has 0 spiro atoms. The smallest absolute Gasteiger partial charge is 0.328 e. The Labute approximate surface area is 294 Å². The molecule has 51 heavy (non-hydrogen) atoms. The van der Waals surface area contributed by atoms with Crippen molar-refractivity contribution in [1.82, 2.24) is 19.4 Å². The lowest BCUT2D eigenvalue weighted by Gasteiger charge is -2.34. The van der Waals surface area contributed by atoms with Crippen LogP contribution in [0.5, 0.6) is 0 Å². The van der Waals surface area contributed by atoms with Crippen LogP contribution in [0, 0.1) is 0 Å². The Hall–Kier alpha value is -6.18. The molecule has 0 saturated carbocycles. The fraction of sp³-hybridized carbons (Fsp3) is 0.211. The number of Topliss-reactive ketones (excluding diaryl/α,β-unsaturated/α-hetero) is 1. The molecule has 4 aromatic rings. The molecule has 1 fully saturated rings. The number of benzene rings is 3. The molecule has 0 amide bonds. The Kier molecular flexibility index (Phi) is 16.2. The number of carboxylic acids is 4. The number of aryl methyl sites for hydroxylation is 1. The number of aliphatic carboxylic acids is 4. The third-order valence-corrected chi connectivity index (χ3v) is 7.43. The summed E-state index contributed by atoms with van der Waals surface area (Å²) in [4.78, 5) is 60.9. The van der Waals surface area contributed by atoms with E-state index in [1.807, 2.05) is 48.5 Å². The summed E-state index contributed by atoms with van der Waals surface area (Å²) in [6.45, 7) is 6.56. The van der Waals surface area contributed by atoms with Crippen LogP contribution in [0.3, 0.4) is 0 Å². The molecule has 3 aromatic carbocycles. The topological polar surface area (TPSA) is 191 Å². The van der Waals surface area contributed by atoms with Crippen molar-refractivity contribution >= 4 is 46.8 Å². The molecule has 266 valence electrons. The van der Waals surface area contributed by atoms with E-state index in [2.05, 4.69) is 62.9 Å². The highest BCUT2D eigenvalue weighted by molar-refractivity contribution is 5.96. The zero-order valence-corrected chi connectivity index (χ0v) is 27.8. The van der Waals surface area contributed by atoms with Gasteiger partial charge in [-0.05, 0) is 17.7 Å². The zero-order valence-electron chi connectivity index (χ0n) is 27.8. The van der Waals surface area contributed by atoms with Crippen molar-refractivity contribution < 1.29 is 44.4 Å². The van der Waals surface area contributed by atoms with Gasteiger partial charge in [0.25, 0.3) is 0 Å². The van der Waals surface area contributed by atoms with Gasteiger partial charge in [-0.1, -0.05) is 84.9 Å². The van der Waals surface area contributed by atoms with Gasteiger partial charge in [-0.25, -0.2) is 24.2 Å². The van der Waals surface area contributed by atoms with E-state index in [4.69, 9.17) is 25.4 Å². The van der Waals surface area contributed by atoms with E-state index in [0.717, 1.165) is 61.7 Å². The quantitative estimate of drug-likeness (QED) is 0.113. The molecule has 1 saturated heterocycles. The molecular weight excluding hydrogens is 656 g/mol. The first-order valence-electron chi connectivity index (χ1n) is 16.0. The van der Waals surface area contributed by atoms with Crippen molar-refractivity contribution in [1.29, 1.82) is 0 Å². The maximum atomic E-state index is 12.7. The number of fused-ring (bicyclic) bond motifs is 1. The minimum absolute atomic E-state index is 0.173. The molecule has 0 radical (unpaired) electrons. The highest BCUT2D eigenvalue weighted by Crippen LogP contribution is 2.19. The lowest BCUT2D eigenvalue weighted by molar-refractivity contribution is -0.134. The van der Waals surface area contributed by atoms with Gasteiger partial charge in [0.1, 0.15) is 5.82 Å². The number of hydrogen-bond acceptors (Lipinski definition) is 8. The fourth-order valence-corrected chi connectivity index (χ4v) is 4.99. The summed E-state index contributed by atoms with van der Waals surface area (Å²) in [5, 5.41) is 31.2. The lowest BCUT2D eigenvalue weighted by atomic mass is 10.1. The van der Waals surface area contributed by atoms with E-state index in [9.17, 15) is 24.0 Å². The number of hydrogen-bond donors (Lipinski definition) is 4. The van der Waals surface area contributed by atoms with E-state index >= 15 is 0 Å². The van der Waals surface area contributed by atoms with Gasteiger partial charge in [-0.3, -0.25) is 14.6 Å². The van der Waals surface area contributed by atoms with Gasteiger partial charge in [0.05, 0.1) is 17.6 Å². The van der Waals surface area contributed by atoms with Gasteiger partial charge < -0.3 is 25.0 Å². The predicted molar refractivity (Wildman–Crippen MR) is 191 cm³/mol. The summed E-state index contributed by atoms with van der Waals surface area (Å²) in [6, 6.07) is 28.3. The Bertz CT molecular complexity index is 1780. The number of nitrogens with zero attached hydrogens (tertiary/aromatic N) is 4.